The van der Waals surface area contributed by atoms with Crippen molar-refractivity contribution in [2.75, 3.05) is 23.3 Å². The molecule has 2 aromatic rings. The Morgan fingerprint density at radius 2 is 1.94 bits per heavy atom. The number of nitrogens with two attached hydrogens (primary N) is 1. The number of primary sulfonamides is 1. The summed E-state index contributed by atoms with van der Waals surface area (Å²) in [5, 5.41) is 7.30. The van der Waals surface area contributed by atoms with Gasteiger partial charge in [-0.1, -0.05) is 6.07 Å². The third-order valence-corrected chi connectivity index (χ3v) is 5.46. The molecule has 3 N–H and O–H groups in total. The van der Waals surface area contributed by atoms with Crippen LogP contribution in [0.2, 0.25) is 0 Å². The largest absolute Gasteiger partial charge is 0.417 e. The van der Waals surface area contributed by atoms with Gasteiger partial charge in [0.05, 0.1) is 22.6 Å². The molecular formula is C18H17F5N4O3S. The van der Waals surface area contributed by atoms with E-state index in [0.717, 1.165) is 17.0 Å². The Bertz CT molecular complexity index is 1110. The number of hydrogen-bond acceptors (Lipinski definition) is 5. The number of aromatic nitrogens is 1. The lowest BCUT2D eigenvalue weighted by molar-refractivity contribution is -0.137. The topological polar surface area (TPSA) is 105 Å². The van der Waals surface area contributed by atoms with Crippen molar-refractivity contribution < 1.29 is 35.2 Å². The number of carbonyl (C=O) groups excluding carboxylic acids is 1. The van der Waals surface area contributed by atoms with E-state index in [1.165, 1.54) is 12.1 Å². The van der Waals surface area contributed by atoms with Crippen LogP contribution in [0, 0.1) is 0 Å². The summed E-state index contributed by atoms with van der Waals surface area (Å²) < 4.78 is 90.1. The molecule has 1 aromatic carbocycles. The van der Waals surface area contributed by atoms with Crippen molar-refractivity contribution in [2.24, 2.45) is 5.14 Å². The van der Waals surface area contributed by atoms with Gasteiger partial charge in [0.15, 0.2) is 0 Å². The lowest BCUT2D eigenvalue weighted by Crippen LogP contribution is -2.43. The Labute approximate surface area is 174 Å². The number of benzene rings is 1. The van der Waals surface area contributed by atoms with Crippen LogP contribution in [0.3, 0.4) is 0 Å². The second-order valence-corrected chi connectivity index (χ2v) is 8.56. The van der Waals surface area contributed by atoms with Gasteiger partial charge in [0, 0.05) is 24.8 Å². The van der Waals surface area contributed by atoms with Crippen molar-refractivity contribution in [2.45, 2.75) is 29.8 Å². The summed E-state index contributed by atoms with van der Waals surface area (Å²) in [7, 11) is -4.09. The number of nitrogens with one attached hydrogen (secondary N) is 1. The van der Waals surface area contributed by atoms with Crippen LogP contribution in [0.25, 0.3) is 0 Å². The van der Waals surface area contributed by atoms with Crippen molar-refractivity contribution in [3.05, 3.63) is 47.7 Å². The smallest absolute Gasteiger partial charge is 0.350 e. The number of halogens is 5. The number of pyridine rings is 1. The second kappa shape index (κ2) is 8.04. The van der Waals surface area contributed by atoms with Crippen molar-refractivity contribution in [1.29, 1.82) is 0 Å². The van der Waals surface area contributed by atoms with Gasteiger partial charge >= 0.3 is 6.18 Å². The van der Waals surface area contributed by atoms with Gasteiger partial charge in [0.25, 0.3) is 11.8 Å². The van der Waals surface area contributed by atoms with E-state index < -0.39 is 45.7 Å². The van der Waals surface area contributed by atoms with Crippen LogP contribution in [0.4, 0.5) is 33.5 Å². The average Bonchev–Trinajstić information content (AvgIpc) is 2.65. The molecule has 1 aliphatic rings. The molecule has 2 heterocycles. The van der Waals surface area contributed by atoms with Gasteiger partial charge in [-0.3, -0.25) is 4.79 Å². The molecule has 1 amide bonds. The number of anilines is 2. The molecule has 3 rings (SSSR count). The highest BCUT2D eigenvalue weighted by molar-refractivity contribution is 7.89. The first-order chi connectivity index (χ1) is 14.3. The molecule has 0 bridgehead atoms. The molecule has 0 aliphatic carbocycles. The fourth-order valence-electron chi connectivity index (χ4n) is 3.13. The minimum absolute atomic E-state index is 0.0627. The Balaban J connectivity index is 2.00. The summed E-state index contributed by atoms with van der Waals surface area (Å²) in [5.74, 6) is -4.48. The molecule has 0 spiro atoms. The quantitative estimate of drug-likeness (QED) is 0.676. The molecule has 13 heteroatoms. The van der Waals surface area contributed by atoms with E-state index in [9.17, 15) is 35.2 Å². The SMILES string of the molecule is NS(=O)(=O)c1cccc(NC(=O)c2cc(C(F)(F)F)cnc2N2CCCC(F)(F)C2)c1. The molecule has 1 aliphatic heterocycles. The van der Waals surface area contributed by atoms with Crippen LogP contribution in [-0.4, -0.2) is 38.3 Å². The molecule has 0 saturated carbocycles. The first-order valence-corrected chi connectivity index (χ1v) is 10.5. The van der Waals surface area contributed by atoms with Crippen LogP contribution in [0.15, 0.2) is 41.4 Å². The maximum absolute atomic E-state index is 13.8. The highest BCUT2D eigenvalue weighted by Crippen LogP contribution is 2.35. The van der Waals surface area contributed by atoms with Gasteiger partial charge in [-0.25, -0.2) is 27.3 Å². The number of alkyl halides is 5. The first kappa shape index (κ1) is 22.9. The Morgan fingerprint density at radius 3 is 2.55 bits per heavy atom. The predicted octanol–water partition coefficient (Wildman–Crippen LogP) is 3.24. The van der Waals surface area contributed by atoms with E-state index in [2.05, 4.69) is 10.3 Å². The van der Waals surface area contributed by atoms with E-state index in [4.69, 9.17) is 5.14 Å². The zero-order valence-electron chi connectivity index (χ0n) is 15.8. The van der Waals surface area contributed by atoms with E-state index in [1.807, 2.05) is 0 Å². The minimum atomic E-state index is -4.82. The van der Waals surface area contributed by atoms with Crippen LogP contribution in [0.5, 0.6) is 0 Å². The maximum atomic E-state index is 13.8. The predicted molar refractivity (Wildman–Crippen MR) is 101 cm³/mol. The van der Waals surface area contributed by atoms with Crippen molar-refractivity contribution in [3.63, 3.8) is 0 Å². The van der Waals surface area contributed by atoms with Gasteiger partial charge < -0.3 is 10.2 Å². The number of carbonyl (C=O) groups is 1. The van der Waals surface area contributed by atoms with Gasteiger partial charge in [-0.05, 0) is 30.7 Å². The lowest BCUT2D eigenvalue weighted by Gasteiger charge is -2.34. The van der Waals surface area contributed by atoms with Gasteiger partial charge in [-0.2, -0.15) is 13.2 Å². The normalized spacial score (nSPS) is 16.8. The van der Waals surface area contributed by atoms with E-state index >= 15 is 0 Å². The molecular weight excluding hydrogens is 447 g/mol. The van der Waals surface area contributed by atoms with Crippen molar-refractivity contribution in [1.82, 2.24) is 4.98 Å². The zero-order chi connectivity index (χ0) is 23.0. The van der Waals surface area contributed by atoms with E-state index in [0.29, 0.717) is 12.3 Å². The van der Waals surface area contributed by atoms with Gasteiger partial charge in [-0.15, -0.1) is 0 Å². The molecule has 168 valence electrons. The molecule has 1 fully saturated rings. The highest BCUT2D eigenvalue weighted by Gasteiger charge is 2.38. The number of piperidine rings is 1. The number of amides is 1. The fraction of sp³-hybridized carbons (Fsp3) is 0.333. The standard InChI is InChI=1S/C18H17F5N4O3S/c19-17(20)5-2-6-27(10-17)15-14(7-11(9-25-15)18(21,22)23)16(28)26-12-3-1-4-13(8-12)31(24,29)30/h1,3-4,7-9H,2,5-6,10H2,(H,26,28)(H2,24,29,30). The van der Waals surface area contributed by atoms with E-state index in [1.54, 1.807) is 0 Å². The maximum Gasteiger partial charge on any atom is 0.417 e. The number of hydrogen-bond donors (Lipinski definition) is 2. The Morgan fingerprint density at radius 1 is 1.23 bits per heavy atom. The van der Waals surface area contributed by atoms with Crippen molar-refractivity contribution in [3.8, 4) is 0 Å². The van der Waals surface area contributed by atoms with Gasteiger partial charge in [0.1, 0.15) is 5.82 Å². The summed E-state index contributed by atoms with van der Waals surface area (Å²) in [6.45, 7) is -0.721. The molecule has 7 nitrogen and oxygen atoms in total. The average molecular weight is 464 g/mol. The molecule has 1 saturated heterocycles. The third kappa shape index (κ3) is 5.47. The summed E-state index contributed by atoms with van der Waals surface area (Å²) in [6, 6.07) is 5.27. The van der Waals surface area contributed by atoms with Gasteiger partial charge in [0.2, 0.25) is 10.0 Å². The number of sulfonamides is 1. The first-order valence-electron chi connectivity index (χ1n) is 8.90. The number of rotatable bonds is 4. The van der Waals surface area contributed by atoms with Crippen LogP contribution >= 0.6 is 0 Å². The Kier molecular flexibility index (Phi) is 5.93. The molecule has 0 atom stereocenters. The summed E-state index contributed by atoms with van der Waals surface area (Å²) in [6.07, 6.45) is -4.67. The fourth-order valence-corrected chi connectivity index (χ4v) is 3.69. The highest BCUT2D eigenvalue weighted by atomic mass is 32.2. The monoisotopic (exact) mass is 464 g/mol. The van der Waals surface area contributed by atoms with Crippen LogP contribution in [-0.2, 0) is 16.2 Å². The van der Waals surface area contributed by atoms with Crippen LogP contribution < -0.4 is 15.4 Å². The van der Waals surface area contributed by atoms with Crippen molar-refractivity contribution >= 4 is 27.4 Å². The summed E-state index contributed by atoms with van der Waals surface area (Å²) >= 11 is 0. The van der Waals surface area contributed by atoms with Crippen LogP contribution in [0.1, 0.15) is 28.8 Å². The summed E-state index contributed by atoms with van der Waals surface area (Å²) in [5.41, 5.74) is -1.87. The summed E-state index contributed by atoms with van der Waals surface area (Å²) in [4.78, 5) is 17.1. The molecule has 0 radical (unpaired) electrons. The third-order valence-electron chi connectivity index (χ3n) is 4.55. The number of nitrogens with zero attached hydrogens (tertiary/aromatic N) is 2. The second-order valence-electron chi connectivity index (χ2n) is 7.00. The molecule has 0 unspecified atom stereocenters. The molecule has 1 aromatic heterocycles. The lowest BCUT2D eigenvalue weighted by atomic mass is 10.1. The zero-order valence-corrected chi connectivity index (χ0v) is 16.6. The minimum Gasteiger partial charge on any atom is -0.350 e. The molecule has 31 heavy (non-hydrogen) atoms. The van der Waals surface area contributed by atoms with E-state index in [-0.39, 0.29) is 35.8 Å². The Hall–Kier alpha value is -2.80.